The Morgan fingerprint density at radius 1 is 0.974 bits per heavy atom. The Labute approximate surface area is 224 Å². The molecule has 8 N–H and O–H groups in total. The molecule has 0 radical (unpaired) electrons. The van der Waals surface area contributed by atoms with Crippen molar-refractivity contribution in [2.75, 3.05) is 28.7 Å². The van der Waals surface area contributed by atoms with Crippen LogP contribution in [-0.4, -0.2) is 48.5 Å². The number of halogens is 1. The second-order valence-electron chi connectivity index (χ2n) is 7.95. The van der Waals surface area contributed by atoms with Crippen LogP contribution in [-0.2, 0) is 27.0 Å². The van der Waals surface area contributed by atoms with Crippen molar-refractivity contribution >= 4 is 49.8 Å². The predicted octanol–water partition coefficient (Wildman–Crippen LogP) is 2.92. The monoisotopic (exact) mass is 586 g/mol. The molecule has 1 aromatic heterocycles. The maximum Gasteiger partial charge on any atom is 0.394 e. The number of hydrogen-bond acceptors (Lipinski definition) is 10. The number of nitrogens with two attached hydrogens (primary N) is 2. The summed E-state index contributed by atoms with van der Waals surface area (Å²) in [6.07, 6.45) is 1.33. The summed E-state index contributed by atoms with van der Waals surface area (Å²) < 4.78 is 73.0. The Hall–Kier alpha value is -4.06. The van der Waals surface area contributed by atoms with Gasteiger partial charge in [0, 0.05) is 22.6 Å². The number of amides is 2. The van der Waals surface area contributed by atoms with Gasteiger partial charge in [0.2, 0.25) is 5.95 Å². The predicted molar refractivity (Wildman–Crippen MR) is 142 cm³/mol. The summed E-state index contributed by atoms with van der Waals surface area (Å²) in [7, 11) is -9.56. The third kappa shape index (κ3) is 11.1. The van der Waals surface area contributed by atoms with Crippen LogP contribution in [0.3, 0.4) is 0 Å². The molecule has 0 fully saturated rings. The second kappa shape index (κ2) is 13.1. The molecule has 39 heavy (non-hydrogen) atoms. The molecule has 0 spiro atoms. The lowest BCUT2D eigenvalue weighted by atomic mass is 10.1. The van der Waals surface area contributed by atoms with Gasteiger partial charge >= 0.3 is 26.7 Å². The van der Waals surface area contributed by atoms with Gasteiger partial charge in [0.1, 0.15) is 16.5 Å². The molecule has 0 unspecified atom stereocenters. The highest BCUT2D eigenvalue weighted by Gasteiger charge is 2.16. The number of nitrogens with zero attached hydrogens (tertiary/aromatic N) is 2. The van der Waals surface area contributed by atoms with Gasteiger partial charge in [0.25, 0.3) is 0 Å². The normalized spacial score (nSPS) is 11.2. The Balaban J connectivity index is 0.000000976. The molecular weight excluding hydrogens is 559 g/mol. The number of benzene rings is 2. The molecule has 2 aromatic carbocycles. The van der Waals surface area contributed by atoms with Crippen molar-refractivity contribution in [2.24, 2.45) is 0 Å². The number of anilines is 4. The molecule has 14 nitrogen and oxygen atoms in total. The molecule has 0 atom stereocenters. The van der Waals surface area contributed by atoms with E-state index < -0.39 is 31.5 Å². The maximum absolute atomic E-state index is 13.3. The fourth-order valence-electron chi connectivity index (χ4n) is 3.26. The van der Waals surface area contributed by atoms with E-state index in [2.05, 4.69) is 20.6 Å². The van der Waals surface area contributed by atoms with Crippen molar-refractivity contribution in [3.05, 3.63) is 59.3 Å². The van der Waals surface area contributed by atoms with Crippen molar-refractivity contribution in [3.8, 4) is 5.75 Å². The first-order valence-electron chi connectivity index (χ1n) is 11.0. The van der Waals surface area contributed by atoms with Crippen LogP contribution < -0.4 is 26.8 Å². The van der Waals surface area contributed by atoms with Crippen molar-refractivity contribution < 1.29 is 39.4 Å². The van der Waals surface area contributed by atoms with Gasteiger partial charge in [0.05, 0.1) is 6.61 Å². The van der Waals surface area contributed by atoms with Gasteiger partial charge in [-0.3, -0.25) is 9.11 Å². The third-order valence-corrected chi connectivity index (χ3v) is 5.89. The number of carbonyl (C=O) groups excluding carboxylic acids is 1. The van der Waals surface area contributed by atoms with Gasteiger partial charge < -0.3 is 26.8 Å². The zero-order valence-electron chi connectivity index (χ0n) is 20.8. The highest BCUT2D eigenvalue weighted by molar-refractivity contribution is 7.86. The number of nitrogen functional groups attached to an aromatic ring is 2. The van der Waals surface area contributed by atoms with Gasteiger partial charge in [-0.1, -0.05) is 6.07 Å². The molecule has 0 aliphatic carbocycles. The van der Waals surface area contributed by atoms with E-state index in [1.165, 1.54) is 19.1 Å². The number of hydrogen-bond donors (Lipinski definition) is 6. The summed E-state index contributed by atoms with van der Waals surface area (Å²) in [5, 5.41) is 5.08. The van der Waals surface area contributed by atoms with Crippen LogP contribution in [0.25, 0.3) is 0 Å². The van der Waals surface area contributed by atoms with E-state index in [4.69, 9.17) is 33.7 Å². The van der Waals surface area contributed by atoms with Crippen LogP contribution in [0.4, 0.5) is 31.8 Å². The molecule has 0 aliphatic rings. The molecule has 0 aliphatic heterocycles. The number of urea groups is 1. The number of carbonyl (C=O) groups is 1. The second-order valence-corrected chi connectivity index (χ2v) is 10.2. The summed E-state index contributed by atoms with van der Waals surface area (Å²) in [6, 6.07) is 10.0. The van der Waals surface area contributed by atoms with Crippen molar-refractivity contribution in [1.29, 1.82) is 0 Å². The summed E-state index contributed by atoms with van der Waals surface area (Å²) in [5.74, 6) is 1.13. The van der Waals surface area contributed by atoms with E-state index in [-0.39, 0.29) is 17.2 Å². The maximum atomic E-state index is 13.3. The van der Waals surface area contributed by atoms with Crippen LogP contribution in [0.1, 0.15) is 23.2 Å². The number of rotatable bonds is 8. The largest absolute Gasteiger partial charge is 0.494 e. The van der Waals surface area contributed by atoms with Crippen molar-refractivity contribution in [3.63, 3.8) is 0 Å². The summed E-state index contributed by atoms with van der Waals surface area (Å²) in [4.78, 5) is 19.8. The van der Waals surface area contributed by atoms with Crippen molar-refractivity contribution in [1.82, 2.24) is 9.97 Å². The Kier molecular flexibility index (Phi) is 10.5. The minimum Gasteiger partial charge on any atom is -0.494 e. The van der Waals surface area contributed by atoms with E-state index in [1.54, 1.807) is 24.3 Å². The lowest BCUT2D eigenvalue weighted by molar-refractivity contribution is 0.262. The molecule has 0 saturated heterocycles. The Bertz CT molecular complexity index is 1500. The zero-order valence-corrected chi connectivity index (χ0v) is 22.4. The van der Waals surface area contributed by atoms with Gasteiger partial charge in [0.15, 0.2) is 0 Å². The number of aromatic nitrogens is 2. The van der Waals surface area contributed by atoms with Crippen LogP contribution in [0.5, 0.6) is 5.75 Å². The Morgan fingerprint density at radius 2 is 1.54 bits per heavy atom. The average molecular weight is 587 g/mol. The van der Waals surface area contributed by atoms with Gasteiger partial charge in [-0.05, 0) is 68.7 Å². The smallest absolute Gasteiger partial charge is 0.394 e. The van der Waals surface area contributed by atoms with E-state index in [0.717, 1.165) is 17.3 Å². The SMILES string of the molecule is Cc1ccc(NC(=O)Nc2ccc(OCCCc3c(C)nc(N)nc3N)cc2)cc1S(=O)(=O)F.O=S(=O)(O)O. The molecule has 212 valence electrons. The topological polar surface area (TPSA) is 237 Å². The first kappa shape index (κ1) is 31.2. The summed E-state index contributed by atoms with van der Waals surface area (Å²) in [5.41, 5.74) is 13.9. The summed E-state index contributed by atoms with van der Waals surface area (Å²) in [6.45, 7) is 3.72. The van der Waals surface area contributed by atoms with Gasteiger partial charge in [-0.15, -0.1) is 3.89 Å². The lowest BCUT2D eigenvalue weighted by Crippen LogP contribution is -2.19. The van der Waals surface area contributed by atoms with E-state index >= 15 is 0 Å². The first-order valence-corrected chi connectivity index (χ1v) is 13.8. The zero-order chi connectivity index (χ0) is 29.4. The van der Waals surface area contributed by atoms with Crippen LogP contribution in [0, 0.1) is 13.8 Å². The molecule has 3 aromatic rings. The Morgan fingerprint density at radius 3 is 2.10 bits per heavy atom. The first-order chi connectivity index (χ1) is 18.0. The van der Waals surface area contributed by atoms with E-state index in [0.29, 0.717) is 36.7 Å². The molecule has 3 rings (SSSR count). The fourth-order valence-corrected chi connectivity index (χ4v) is 3.98. The lowest BCUT2D eigenvalue weighted by Gasteiger charge is -2.11. The average Bonchev–Trinajstić information content (AvgIpc) is 2.78. The number of nitrogens with one attached hydrogen (secondary N) is 2. The number of ether oxygens (including phenoxy) is 1. The van der Waals surface area contributed by atoms with Crippen molar-refractivity contribution in [2.45, 2.75) is 31.6 Å². The van der Waals surface area contributed by atoms with Gasteiger partial charge in [-0.25, -0.2) is 9.78 Å². The minimum atomic E-state index is -4.89. The highest BCUT2D eigenvalue weighted by atomic mass is 32.3. The molecule has 2 amide bonds. The highest BCUT2D eigenvalue weighted by Crippen LogP contribution is 2.23. The van der Waals surface area contributed by atoms with Crippen LogP contribution in [0.2, 0.25) is 0 Å². The standard InChI is InChI=1S/C22H25FN6O4S.H2O4S/c1-13-5-6-16(12-19(13)34(23,31)32)28-22(30)27-15-7-9-17(10-8-15)33-11-3-4-18-14(2)26-21(25)29-20(18)24;1-5(2,3)4/h5-10,12H,3-4,11H2,1-2H3,(H2,27,28,30)(H4,24,25,26,29);(H2,1,2,3,4). The third-order valence-electron chi connectivity index (χ3n) is 4.92. The molecule has 0 bridgehead atoms. The quantitative estimate of drug-likeness (QED) is 0.127. The van der Waals surface area contributed by atoms with E-state index in [9.17, 15) is 17.1 Å². The molecule has 17 heteroatoms. The summed E-state index contributed by atoms with van der Waals surface area (Å²) >= 11 is 0. The fraction of sp³-hybridized carbons (Fsp3) is 0.227. The molecular formula is C22H27FN6O8S2. The number of aryl methyl sites for hydroxylation is 2. The van der Waals surface area contributed by atoms with Crippen LogP contribution >= 0.6 is 0 Å². The molecule has 0 saturated carbocycles. The van der Waals surface area contributed by atoms with Gasteiger partial charge in [-0.2, -0.15) is 21.8 Å². The van der Waals surface area contributed by atoms with Crippen LogP contribution in [0.15, 0.2) is 47.4 Å². The molecule has 1 heterocycles. The van der Waals surface area contributed by atoms with E-state index in [1.807, 2.05) is 6.92 Å². The minimum absolute atomic E-state index is 0.140.